The standard InChI is InChI=1S/C4H10N2.CH4N2O.H3N/c1-2-6-4-3-5-1;2-1(3)4;/h5-6H,1-4H2;(H4,2,3,4);1H3. The fraction of sp³-hybridized carbons (Fsp3) is 0.800. The molecule has 0 spiro atoms. The third-order valence-corrected chi connectivity index (χ3v) is 0.957. The van der Waals surface area contributed by atoms with Crippen molar-refractivity contribution in [2.24, 2.45) is 11.5 Å². The minimum Gasteiger partial charge on any atom is -0.352 e. The molecule has 1 aliphatic rings. The lowest BCUT2D eigenvalue weighted by molar-refractivity contribution is 0.256. The van der Waals surface area contributed by atoms with E-state index in [-0.39, 0.29) is 6.15 Å². The molecule has 0 aromatic carbocycles. The summed E-state index contributed by atoms with van der Waals surface area (Å²) in [5.41, 5.74) is 8.50. The van der Waals surface area contributed by atoms with Gasteiger partial charge in [-0.3, -0.25) is 0 Å². The number of nitrogens with two attached hydrogens (primary N) is 2. The number of rotatable bonds is 0. The lowest BCUT2D eigenvalue weighted by atomic mass is 10.4. The third-order valence-electron chi connectivity index (χ3n) is 0.957. The van der Waals surface area contributed by atoms with Crippen LogP contribution in [0.5, 0.6) is 0 Å². The maximum absolute atomic E-state index is 9.00. The van der Waals surface area contributed by atoms with Crippen molar-refractivity contribution in [3.8, 4) is 0 Å². The van der Waals surface area contributed by atoms with Crippen molar-refractivity contribution in [3.63, 3.8) is 0 Å². The predicted octanol–water partition coefficient (Wildman–Crippen LogP) is -1.63. The van der Waals surface area contributed by atoms with Gasteiger partial charge in [-0.05, 0) is 0 Å². The van der Waals surface area contributed by atoms with Crippen LogP contribution in [0.1, 0.15) is 0 Å². The Morgan fingerprint density at radius 2 is 1.18 bits per heavy atom. The molecule has 6 heteroatoms. The van der Waals surface area contributed by atoms with Crippen LogP contribution in [-0.2, 0) is 0 Å². The fourth-order valence-electron chi connectivity index (χ4n) is 0.604. The zero-order valence-corrected chi connectivity index (χ0v) is 6.60. The van der Waals surface area contributed by atoms with E-state index < -0.39 is 6.03 Å². The Morgan fingerprint density at radius 3 is 1.27 bits per heavy atom. The van der Waals surface area contributed by atoms with Crippen LogP contribution >= 0.6 is 0 Å². The first kappa shape index (κ1) is 12.8. The second kappa shape index (κ2) is 9.15. The van der Waals surface area contributed by atoms with Gasteiger partial charge in [-0.15, -0.1) is 0 Å². The van der Waals surface area contributed by atoms with Gasteiger partial charge in [0, 0.05) is 26.2 Å². The van der Waals surface area contributed by atoms with E-state index in [1.165, 1.54) is 0 Å². The summed E-state index contributed by atoms with van der Waals surface area (Å²) in [7, 11) is 0. The largest absolute Gasteiger partial charge is 0.352 e. The van der Waals surface area contributed by atoms with Gasteiger partial charge in [0.05, 0.1) is 0 Å². The molecule has 9 N–H and O–H groups in total. The monoisotopic (exact) mass is 163 g/mol. The molecule has 0 unspecified atom stereocenters. The lowest BCUT2D eigenvalue weighted by Gasteiger charge is -2.11. The van der Waals surface area contributed by atoms with E-state index >= 15 is 0 Å². The Labute approximate surface area is 66.3 Å². The van der Waals surface area contributed by atoms with Crippen molar-refractivity contribution in [1.29, 1.82) is 0 Å². The minimum absolute atomic E-state index is 0. The van der Waals surface area contributed by atoms with E-state index in [2.05, 4.69) is 22.1 Å². The first-order valence-electron chi connectivity index (χ1n) is 3.20. The fourth-order valence-corrected chi connectivity index (χ4v) is 0.604. The molecule has 0 bridgehead atoms. The number of nitrogens with one attached hydrogen (secondary N) is 2. The van der Waals surface area contributed by atoms with Gasteiger partial charge in [-0.1, -0.05) is 0 Å². The molecule has 1 saturated heterocycles. The highest BCUT2D eigenvalue weighted by Crippen LogP contribution is 1.65. The summed E-state index contributed by atoms with van der Waals surface area (Å²) in [6, 6.07) is -0.833. The van der Waals surface area contributed by atoms with E-state index in [9.17, 15) is 0 Å². The van der Waals surface area contributed by atoms with E-state index in [1.807, 2.05) is 0 Å². The molecule has 0 atom stereocenters. The predicted molar refractivity (Wildman–Crippen MR) is 44.5 cm³/mol. The second-order valence-electron chi connectivity index (χ2n) is 1.90. The number of hydrogen-bond acceptors (Lipinski definition) is 4. The van der Waals surface area contributed by atoms with Gasteiger partial charge < -0.3 is 28.3 Å². The topological polar surface area (TPSA) is 128 Å². The van der Waals surface area contributed by atoms with Gasteiger partial charge in [0.15, 0.2) is 0 Å². The molecule has 11 heavy (non-hydrogen) atoms. The molecule has 2 amide bonds. The number of piperazine rings is 1. The Morgan fingerprint density at radius 1 is 1.00 bits per heavy atom. The Balaban J connectivity index is 0. The maximum Gasteiger partial charge on any atom is 0.309 e. The number of carbonyl (C=O) groups excluding carboxylic acids is 1. The summed E-state index contributed by atoms with van der Waals surface area (Å²) >= 11 is 0. The van der Waals surface area contributed by atoms with E-state index in [1.54, 1.807) is 0 Å². The summed E-state index contributed by atoms with van der Waals surface area (Å²) in [6.07, 6.45) is 0. The molecule has 1 heterocycles. The molecule has 0 aliphatic carbocycles. The number of primary amides is 2. The van der Waals surface area contributed by atoms with Gasteiger partial charge in [0.25, 0.3) is 0 Å². The maximum atomic E-state index is 9.00. The zero-order valence-electron chi connectivity index (χ0n) is 6.60. The molecule has 0 saturated carbocycles. The molecule has 68 valence electrons. The van der Waals surface area contributed by atoms with E-state index in [4.69, 9.17) is 4.79 Å². The van der Waals surface area contributed by atoms with Crippen LogP contribution in [0.2, 0.25) is 0 Å². The van der Waals surface area contributed by atoms with E-state index in [0.717, 1.165) is 26.2 Å². The van der Waals surface area contributed by atoms with Crippen LogP contribution < -0.4 is 28.3 Å². The van der Waals surface area contributed by atoms with E-state index in [0.29, 0.717) is 0 Å². The Hall–Kier alpha value is -0.850. The van der Waals surface area contributed by atoms with Crippen molar-refractivity contribution in [2.75, 3.05) is 26.2 Å². The smallest absolute Gasteiger partial charge is 0.309 e. The molecular formula is C5H17N5O. The van der Waals surface area contributed by atoms with Crippen molar-refractivity contribution >= 4 is 6.03 Å². The first-order chi connectivity index (χ1) is 4.73. The number of hydrogen-bond donors (Lipinski definition) is 5. The summed E-state index contributed by atoms with van der Waals surface area (Å²) in [5, 5.41) is 6.44. The number of amides is 2. The van der Waals surface area contributed by atoms with Crippen LogP contribution in [0.3, 0.4) is 0 Å². The molecule has 6 nitrogen and oxygen atoms in total. The average molecular weight is 163 g/mol. The van der Waals surface area contributed by atoms with Crippen molar-refractivity contribution < 1.29 is 4.79 Å². The van der Waals surface area contributed by atoms with Gasteiger partial charge in [0.1, 0.15) is 0 Å². The second-order valence-corrected chi connectivity index (χ2v) is 1.90. The zero-order chi connectivity index (χ0) is 7.82. The highest BCUT2D eigenvalue weighted by molar-refractivity contribution is 5.69. The van der Waals surface area contributed by atoms with Gasteiger partial charge in [-0.25, -0.2) is 4.79 Å². The minimum atomic E-state index is -0.833. The van der Waals surface area contributed by atoms with Crippen molar-refractivity contribution in [2.45, 2.75) is 0 Å². The van der Waals surface area contributed by atoms with Gasteiger partial charge in [0.2, 0.25) is 0 Å². The van der Waals surface area contributed by atoms with Crippen molar-refractivity contribution in [1.82, 2.24) is 16.8 Å². The molecule has 0 aromatic heterocycles. The highest BCUT2D eigenvalue weighted by Gasteiger charge is 1.91. The summed E-state index contributed by atoms with van der Waals surface area (Å²) in [4.78, 5) is 9.00. The molecule has 1 aliphatic heterocycles. The quantitative estimate of drug-likeness (QED) is 0.293. The third kappa shape index (κ3) is 17.6. The lowest BCUT2D eigenvalue weighted by Crippen LogP contribution is -2.39. The van der Waals surface area contributed by atoms with Crippen LogP contribution in [0.15, 0.2) is 0 Å². The number of carbonyl (C=O) groups is 1. The molecule has 1 rings (SSSR count). The molecule has 0 radical (unpaired) electrons. The van der Waals surface area contributed by atoms with Crippen molar-refractivity contribution in [3.05, 3.63) is 0 Å². The summed E-state index contributed by atoms with van der Waals surface area (Å²) < 4.78 is 0. The van der Waals surface area contributed by atoms with Crippen LogP contribution in [0.4, 0.5) is 4.79 Å². The van der Waals surface area contributed by atoms with Crippen LogP contribution in [-0.4, -0.2) is 32.2 Å². The summed E-state index contributed by atoms with van der Waals surface area (Å²) in [5.74, 6) is 0. The van der Waals surface area contributed by atoms with Crippen LogP contribution in [0.25, 0.3) is 0 Å². The van der Waals surface area contributed by atoms with Crippen LogP contribution in [0, 0.1) is 0 Å². The normalized spacial score (nSPS) is 15.3. The average Bonchev–Trinajstić information content (AvgIpc) is 1.90. The SMILES string of the molecule is C1CNCCN1.N.NC(N)=O. The molecule has 1 fully saturated rings. The Bertz CT molecular complexity index is 77.4. The first-order valence-corrected chi connectivity index (χ1v) is 3.20. The van der Waals surface area contributed by atoms with Gasteiger partial charge in [-0.2, -0.15) is 0 Å². The molecular weight excluding hydrogens is 146 g/mol. The summed E-state index contributed by atoms with van der Waals surface area (Å²) in [6.45, 7) is 4.56. The highest BCUT2D eigenvalue weighted by atomic mass is 16.2. The van der Waals surface area contributed by atoms with Gasteiger partial charge >= 0.3 is 6.03 Å². The molecule has 0 aromatic rings. The Kier molecular flexibility index (Phi) is 10.6. The number of urea groups is 1.